The lowest BCUT2D eigenvalue weighted by molar-refractivity contribution is 0.632. The van der Waals surface area contributed by atoms with Gasteiger partial charge in [-0.2, -0.15) is 0 Å². The first-order valence-corrected chi connectivity index (χ1v) is 9.86. The van der Waals surface area contributed by atoms with Crippen molar-refractivity contribution >= 4 is 39.6 Å². The van der Waals surface area contributed by atoms with Crippen LogP contribution < -0.4 is 10.9 Å². The van der Waals surface area contributed by atoms with Gasteiger partial charge < -0.3 is 5.32 Å². The summed E-state index contributed by atoms with van der Waals surface area (Å²) in [5.74, 6) is 0.145. The van der Waals surface area contributed by atoms with Crippen LogP contribution in [0.25, 0.3) is 5.65 Å². The molecule has 4 rings (SSSR count). The van der Waals surface area contributed by atoms with Crippen molar-refractivity contribution in [2.75, 3.05) is 5.32 Å². The molecule has 0 aliphatic rings. The zero-order valence-electron chi connectivity index (χ0n) is 14.2. The standard InChI is InChI=1S/C18H14FN5OS2/c1-11-5-4-8-15-20-12(9-16(25)24(11)15)10-26-18-23-22-17(27-18)21-14-7-3-2-6-13(14)19/h2-9H,10H2,1H3,(H,21,22). The maximum atomic E-state index is 13.7. The van der Waals surface area contributed by atoms with Gasteiger partial charge in [0.1, 0.15) is 11.5 Å². The molecule has 6 nitrogen and oxygen atoms in total. The minimum Gasteiger partial charge on any atom is -0.328 e. The zero-order valence-corrected chi connectivity index (χ0v) is 15.9. The number of thioether (sulfide) groups is 1. The molecule has 3 aromatic heterocycles. The Kier molecular flexibility index (Phi) is 4.87. The number of rotatable bonds is 5. The summed E-state index contributed by atoms with van der Waals surface area (Å²) in [4.78, 5) is 16.8. The van der Waals surface area contributed by atoms with Crippen molar-refractivity contribution in [3.05, 3.63) is 76.1 Å². The molecule has 0 unspecified atom stereocenters. The number of fused-ring (bicyclic) bond motifs is 1. The van der Waals surface area contributed by atoms with Crippen LogP contribution in [0.5, 0.6) is 0 Å². The maximum Gasteiger partial charge on any atom is 0.258 e. The summed E-state index contributed by atoms with van der Waals surface area (Å²) < 4.78 is 16.0. The number of nitrogens with one attached hydrogen (secondary N) is 1. The average molecular weight is 399 g/mol. The topological polar surface area (TPSA) is 72.2 Å². The van der Waals surface area contributed by atoms with E-state index in [0.29, 0.717) is 32.3 Å². The van der Waals surface area contributed by atoms with Gasteiger partial charge in [0, 0.05) is 17.5 Å². The van der Waals surface area contributed by atoms with Crippen molar-refractivity contribution in [3.63, 3.8) is 0 Å². The molecular formula is C18H14FN5OS2. The quantitative estimate of drug-likeness (QED) is 0.511. The van der Waals surface area contributed by atoms with Crippen LogP contribution in [0, 0.1) is 12.7 Å². The highest BCUT2D eigenvalue weighted by atomic mass is 32.2. The average Bonchev–Trinajstić information content (AvgIpc) is 3.09. The minimum absolute atomic E-state index is 0.104. The number of para-hydroxylation sites is 1. The highest BCUT2D eigenvalue weighted by molar-refractivity contribution is 8.00. The number of hydrogen-bond acceptors (Lipinski definition) is 7. The zero-order chi connectivity index (χ0) is 18.8. The lowest BCUT2D eigenvalue weighted by Crippen LogP contribution is -2.17. The van der Waals surface area contributed by atoms with E-state index < -0.39 is 0 Å². The van der Waals surface area contributed by atoms with Gasteiger partial charge in [-0.3, -0.25) is 9.20 Å². The van der Waals surface area contributed by atoms with Crippen LogP contribution >= 0.6 is 23.1 Å². The third kappa shape index (κ3) is 3.83. The number of benzene rings is 1. The third-order valence-corrected chi connectivity index (χ3v) is 5.80. The fourth-order valence-corrected chi connectivity index (χ4v) is 4.23. The SMILES string of the molecule is Cc1cccc2nc(CSc3nnc(Nc4ccccc4F)s3)cc(=O)n12. The van der Waals surface area contributed by atoms with Crippen molar-refractivity contribution in [1.29, 1.82) is 0 Å². The molecule has 4 aromatic rings. The molecule has 0 spiro atoms. The number of aryl methyl sites for hydroxylation is 1. The van der Waals surface area contributed by atoms with E-state index in [2.05, 4.69) is 20.5 Å². The fraction of sp³-hybridized carbons (Fsp3) is 0.111. The molecule has 1 N–H and O–H groups in total. The molecule has 0 aliphatic heterocycles. The largest absolute Gasteiger partial charge is 0.328 e. The Balaban J connectivity index is 1.48. The van der Waals surface area contributed by atoms with E-state index in [1.54, 1.807) is 22.6 Å². The fourth-order valence-electron chi connectivity index (χ4n) is 2.57. The van der Waals surface area contributed by atoms with Gasteiger partial charge in [0.15, 0.2) is 4.34 Å². The summed E-state index contributed by atoms with van der Waals surface area (Å²) in [6, 6.07) is 13.5. The predicted molar refractivity (Wildman–Crippen MR) is 105 cm³/mol. The van der Waals surface area contributed by atoms with Crippen molar-refractivity contribution < 1.29 is 4.39 Å². The minimum atomic E-state index is -0.349. The van der Waals surface area contributed by atoms with E-state index >= 15 is 0 Å². The van der Waals surface area contributed by atoms with Crippen LogP contribution in [0.1, 0.15) is 11.4 Å². The molecular weight excluding hydrogens is 385 g/mol. The smallest absolute Gasteiger partial charge is 0.258 e. The van der Waals surface area contributed by atoms with Gasteiger partial charge in [0.25, 0.3) is 5.56 Å². The number of hydrogen-bond donors (Lipinski definition) is 1. The second-order valence-corrected chi connectivity index (χ2v) is 7.91. The Hall–Kier alpha value is -2.78. The number of pyridine rings is 1. The molecule has 0 aliphatic carbocycles. The molecule has 0 fully saturated rings. The van der Waals surface area contributed by atoms with Crippen LogP contribution in [0.15, 0.2) is 57.7 Å². The second-order valence-electron chi connectivity index (χ2n) is 5.71. The summed E-state index contributed by atoms with van der Waals surface area (Å²) >= 11 is 2.75. The summed E-state index contributed by atoms with van der Waals surface area (Å²) in [5.41, 5.74) is 2.39. The molecule has 3 heterocycles. The van der Waals surface area contributed by atoms with Crippen molar-refractivity contribution in [1.82, 2.24) is 19.6 Å². The molecule has 0 saturated carbocycles. The number of aromatic nitrogens is 4. The van der Waals surface area contributed by atoms with Crippen LogP contribution in [0.4, 0.5) is 15.2 Å². The Morgan fingerprint density at radius 2 is 2.04 bits per heavy atom. The second kappa shape index (κ2) is 7.45. The Bertz CT molecular complexity index is 1170. The Morgan fingerprint density at radius 1 is 1.19 bits per heavy atom. The van der Waals surface area contributed by atoms with Gasteiger partial charge >= 0.3 is 0 Å². The maximum absolute atomic E-state index is 13.7. The number of halogens is 1. The van der Waals surface area contributed by atoms with Crippen LogP contribution in [0.3, 0.4) is 0 Å². The van der Waals surface area contributed by atoms with Gasteiger partial charge in [-0.15, -0.1) is 10.2 Å². The van der Waals surface area contributed by atoms with Gasteiger partial charge in [0.05, 0.1) is 11.4 Å². The first-order chi connectivity index (χ1) is 13.1. The summed E-state index contributed by atoms with van der Waals surface area (Å²) in [6.45, 7) is 1.87. The normalized spacial score (nSPS) is 11.0. The summed E-state index contributed by atoms with van der Waals surface area (Å²) in [6.07, 6.45) is 0. The first kappa shape index (κ1) is 17.6. The molecule has 1 aromatic carbocycles. The monoisotopic (exact) mass is 399 g/mol. The molecule has 0 radical (unpaired) electrons. The predicted octanol–water partition coefficient (Wildman–Crippen LogP) is 4.03. The van der Waals surface area contributed by atoms with Crippen LogP contribution in [0.2, 0.25) is 0 Å². The molecule has 0 saturated heterocycles. The molecule has 0 bridgehead atoms. The van der Waals surface area contributed by atoms with Gasteiger partial charge in [0.2, 0.25) is 5.13 Å². The van der Waals surface area contributed by atoms with Crippen molar-refractivity contribution in [2.45, 2.75) is 17.0 Å². The van der Waals surface area contributed by atoms with E-state index in [-0.39, 0.29) is 11.4 Å². The van der Waals surface area contributed by atoms with Crippen LogP contribution in [-0.4, -0.2) is 19.6 Å². The lowest BCUT2D eigenvalue weighted by Gasteiger charge is -2.05. The van der Waals surface area contributed by atoms with Gasteiger partial charge in [-0.05, 0) is 31.2 Å². The molecule has 0 amide bonds. The van der Waals surface area contributed by atoms with Crippen LogP contribution in [-0.2, 0) is 5.75 Å². The highest BCUT2D eigenvalue weighted by Crippen LogP contribution is 2.30. The van der Waals surface area contributed by atoms with Gasteiger partial charge in [-0.25, -0.2) is 9.37 Å². The summed E-state index contributed by atoms with van der Waals surface area (Å²) in [5, 5.41) is 11.5. The van der Waals surface area contributed by atoms with E-state index in [1.165, 1.54) is 35.2 Å². The first-order valence-electron chi connectivity index (χ1n) is 8.06. The lowest BCUT2D eigenvalue weighted by atomic mass is 10.3. The number of anilines is 2. The van der Waals surface area contributed by atoms with E-state index in [1.807, 2.05) is 25.1 Å². The van der Waals surface area contributed by atoms with Crippen molar-refractivity contribution in [2.24, 2.45) is 0 Å². The van der Waals surface area contributed by atoms with E-state index in [4.69, 9.17) is 0 Å². The third-order valence-electron chi connectivity index (χ3n) is 3.80. The van der Waals surface area contributed by atoms with Gasteiger partial charge in [-0.1, -0.05) is 41.3 Å². The molecule has 136 valence electrons. The molecule has 9 heteroatoms. The van der Waals surface area contributed by atoms with Crippen molar-refractivity contribution in [3.8, 4) is 0 Å². The molecule has 27 heavy (non-hydrogen) atoms. The van der Waals surface area contributed by atoms with E-state index in [9.17, 15) is 9.18 Å². The van der Waals surface area contributed by atoms with E-state index in [0.717, 1.165) is 5.69 Å². The Labute approximate surface area is 162 Å². The summed E-state index contributed by atoms with van der Waals surface area (Å²) in [7, 11) is 0. The highest BCUT2D eigenvalue weighted by Gasteiger charge is 2.10. The Morgan fingerprint density at radius 3 is 2.89 bits per heavy atom. The number of nitrogens with zero attached hydrogens (tertiary/aromatic N) is 4. The molecule has 0 atom stereocenters.